The van der Waals surface area contributed by atoms with Crippen LogP contribution in [0.3, 0.4) is 0 Å². The van der Waals surface area contributed by atoms with Crippen LogP contribution < -0.4 is 10.6 Å². The van der Waals surface area contributed by atoms with E-state index in [4.69, 9.17) is 11.6 Å². The van der Waals surface area contributed by atoms with Gasteiger partial charge in [0, 0.05) is 18.1 Å². The fourth-order valence-corrected chi connectivity index (χ4v) is 4.24. The van der Waals surface area contributed by atoms with Crippen molar-refractivity contribution < 1.29 is 13.2 Å². The molecular weight excluding hydrogens is 312 g/mol. The summed E-state index contributed by atoms with van der Waals surface area (Å²) in [6.07, 6.45) is 1.30. The molecule has 2 amide bonds. The Morgan fingerprint density at radius 2 is 2.14 bits per heavy atom. The largest absolute Gasteiger partial charge is 0.337 e. The van der Waals surface area contributed by atoms with Gasteiger partial charge in [0.15, 0.2) is 9.84 Å². The molecule has 5 nitrogen and oxygen atoms in total. The molecule has 2 rings (SSSR count). The predicted octanol–water partition coefficient (Wildman–Crippen LogP) is 2.02. The van der Waals surface area contributed by atoms with Gasteiger partial charge in [0.25, 0.3) is 0 Å². The number of hydrogen-bond donors (Lipinski definition) is 2. The van der Waals surface area contributed by atoms with Gasteiger partial charge in [0.2, 0.25) is 0 Å². The Morgan fingerprint density at radius 1 is 1.38 bits per heavy atom. The Bertz CT molecular complexity index is 631. The van der Waals surface area contributed by atoms with E-state index in [0.717, 1.165) is 11.1 Å². The summed E-state index contributed by atoms with van der Waals surface area (Å²) in [4.78, 5) is 11.7. The molecule has 0 radical (unpaired) electrons. The van der Waals surface area contributed by atoms with E-state index in [-0.39, 0.29) is 18.3 Å². The maximum Gasteiger partial charge on any atom is 0.315 e. The smallest absolute Gasteiger partial charge is 0.315 e. The molecule has 1 heterocycles. The minimum absolute atomic E-state index is 0.174. The highest BCUT2D eigenvalue weighted by molar-refractivity contribution is 7.92. The number of amides is 2. The summed E-state index contributed by atoms with van der Waals surface area (Å²) in [5.74, 6) is 0.227. The van der Waals surface area contributed by atoms with Gasteiger partial charge in [-0.15, -0.1) is 0 Å². The van der Waals surface area contributed by atoms with Crippen LogP contribution >= 0.6 is 11.6 Å². The minimum atomic E-state index is -3.02. The Kier molecular flexibility index (Phi) is 5.11. The van der Waals surface area contributed by atoms with E-state index < -0.39 is 15.1 Å². The van der Waals surface area contributed by atoms with Crippen molar-refractivity contribution in [1.29, 1.82) is 0 Å². The molecule has 1 aliphatic rings. The second kappa shape index (κ2) is 6.66. The maximum absolute atomic E-state index is 11.7. The van der Waals surface area contributed by atoms with Crippen molar-refractivity contribution in [2.24, 2.45) is 0 Å². The number of sulfone groups is 1. The van der Waals surface area contributed by atoms with E-state index >= 15 is 0 Å². The molecule has 0 bridgehead atoms. The Hall–Kier alpha value is -1.27. The van der Waals surface area contributed by atoms with Crippen LogP contribution in [0.25, 0.3) is 0 Å². The van der Waals surface area contributed by atoms with Crippen LogP contribution in [0.4, 0.5) is 4.79 Å². The van der Waals surface area contributed by atoms with Crippen molar-refractivity contribution in [2.75, 3.05) is 12.3 Å². The molecule has 21 heavy (non-hydrogen) atoms. The van der Waals surface area contributed by atoms with E-state index in [1.807, 2.05) is 19.1 Å². The molecule has 1 fully saturated rings. The molecule has 0 saturated carbocycles. The number of carbonyl (C=O) groups is 1. The topological polar surface area (TPSA) is 75.3 Å². The molecule has 116 valence electrons. The molecule has 7 heteroatoms. The number of carbonyl (C=O) groups excluding carboxylic acids is 1. The lowest BCUT2D eigenvalue weighted by molar-refractivity contribution is 0.240. The third-order valence-corrected chi connectivity index (χ3v) is 6.33. The van der Waals surface area contributed by atoms with Crippen LogP contribution in [0.1, 0.15) is 24.0 Å². The summed E-state index contributed by atoms with van der Waals surface area (Å²) in [5, 5.41) is 5.58. The van der Waals surface area contributed by atoms with Gasteiger partial charge in [0.05, 0.1) is 11.0 Å². The molecule has 1 atom stereocenters. The minimum Gasteiger partial charge on any atom is -0.337 e. The standard InChI is InChI=1S/C14H19ClN2O3S/c1-10-7-11(4-5-13(10)15)8-16-14(18)17-9-12-3-2-6-21(12,19)20/h4-5,7,12H,2-3,6,8-9H2,1H3,(H2,16,17,18)/t12-/m1/s1. The van der Waals surface area contributed by atoms with Crippen molar-refractivity contribution in [1.82, 2.24) is 10.6 Å². The number of rotatable bonds is 4. The molecule has 0 aliphatic carbocycles. The first kappa shape index (κ1) is 16.1. The number of nitrogens with one attached hydrogen (secondary N) is 2. The highest BCUT2D eigenvalue weighted by Gasteiger charge is 2.31. The summed E-state index contributed by atoms with van der Waals surface area (Å²) < 4.78 is 23.3. The lowest BCUT2D eigenvalue weighted by Gasteiger charge is -2.12. The first-order valence-corrected chi connectivity index (χ1v) is 8.96. The fraction of sp³-hybridized carbons (Fsp3) is 0.500. The van der Waals surface area contributed by atoms with Crippen molar-refractivity contribution in [3.8, 4) is 0 Å². The second-order valence-corrected chi connectivity index (χ2v) is 8.09. The lowest BCUT2D eigenvalue weighted by Crippen LogP contribution is -2.40. The molecular formula is C14H19ClN2O3S. The lowest BCUT2D eigenvalue weighted by atomic mass is 10.1. The summed E-state index contributed by atoms with van der Waals surface area (Å²) in [6, 6.07) is 5.18. The van der Waals surface area contributed by atoms with E-state index in [1.165, 1.54) is 0 Å². The van der Waals surface area contributed by atoms with Gasteiger partial charge in [-0.3, -0.25) is 0 Å². The number of hydrogen-bond acceptors (Lipinski definition) is 3. The fourth-order valence-electron chi connectivity index (χ4n) is 2.36. The van der Waals surface area contributed by atoms with E-state index in [2.05, 4.69) is 10.6 Å². The highest BCUT2D eigenvalue weighted by Crippen LogP contribution is 2.19. The molecule has 0 aromatic heterocycles. The molecule has 0 spiro atoms. The summed E-state index contributed by atoms with van der Waals surface area (Å²) >= 11 is 5.94. The third kappa shape index (κ3) is 4.35. The maximum atomic E-state index is 11.7. The first-order chi connectivity index (χ1) is 9.88. The summed E-state index contributed by atoms with van der Waals surface area (Å²) in [5.41, 5.74) is 1.90. The van der Waals surface area contributed by atoms with Crippen molar-refractivity contribution in [3.05, 3.63) is 34.3 Å². The van der Waals surface area contributed by atoms with E-state index in [9.17, 15) is 13.2 Å². The van der Waals surface area contributed by atoms with Crippen LogP contribution in [0.2, 0.25) is 5.02 Å². The van der Waals surface area contributed by atoms with E-state index in [0.29, 0.717) is 24.4 Å². The first-order valence-electron chi connectivity index (χ1n) is 6.87. The molecule has 1 aromatic rings. The van der Waals surface area contributed by atoms with Crippen molar-refractivity contribution in [3.63, 3.8) is 0 Å². The van der Waals surface area contributed by atoms with Crippen LogP contribution in [0, 0.1) is 6.92 Å². The Morgan fingerprint density at radius 3 is 2.76 bits per heavy atom. The molecule has 0 unspecified atom stereocenters. The van der Waals surface area contributed by atoms with Crippen LogP contribution in [0.5, 0.6) is 0 Å². The molecule has 1 aliphatic heterocycles. The number of aryl methyl sites for hydroxylation is 1. The van der Waals surface area contributed by atoms with Crippen molar-refractivity contribution >= 4 is 27.5 Å². The zero-order valence-corrected chi connectivity index (χ0v) is 13.4. The SMILES string of the molecule is Cc1cc(CNC(=O)NC[C@H]2CCCS2(=O)=O)ccc1Cl. The van der Waals surface area contributed by atoms with Crippen molar-refractivity contribution in [2.45, 2.75) is 31.6 Å². The Balaban J connectivity index is 1.78. The van der Waals surface area contributed by atoms with Gasteiger partial charge in [-0.1, -0.05) is 23.7 Å². The quantitative estimate of drug-likeness (QED) is 0.887. The molecule has 2 N–H and O–H groups in total. The number of benzene rings is 1. The molecule has 1 aromatic carbocycles. The van der Waals surface area contributed by atoms with Gasteiger partial charge in [-0.05, 0) is 37.0 Å². The van der Waals surface area contributed by atoms with E-state index in [1.54, 1.807) is 6.07 Å². The zero-order chi connectivity index (χ0) is 15.5. The predicted molar refractivity (Wildman–Crippen MR) is 83.2 cm³/mol. The zero-order valence-electron chi connectivity index (χ0n) is 11.9. The third-order valence-electron chi connectivity index (χ3n) is 3.63. The number of halogens is 1. The normalized spacial score (nSPS) is 20.2. The van der Waals surface area contributed by atoms with Gasteiger partial charge in [-0.25, -0.2) is 13.2 Å². The van der Waals surface area contributed by atoms with Gasteiger partial charge in [0.1, 0.15) is 0 Å². The van der Waals surface area contributed by atoms with Gasteiger partial charge in [-0.2, -0.15) is 0 Å². The summed E-state index contributed by atoms with van der Waals surface area (Å²) in [6.45, 7) is 2.45. The summed E-state index contributed by atoms with van der Waals surface area (Å²) in [7, 11) is -3.02. The van der Waals surface area contributed by atoms with Gasteiger partial charge < -0.3 is 10.6 Å². The molecule has 1 saturated heterocycles. The average Bonchev–Trinajstić information content (AvgIpc) is 2.76. The average molecular weight is 331 g/mol. The highest BCUT2D eigenvalue weighted by atomic mass is 35.5. The van der Waals surface area contributed by atoms with Crippen LogP contribution in [-0.4, -0.2) is 32.0 Å². The van der Waals surface area contributed by atoms with Crippen LogP contribution in [-0.2, 0) is 16.4 Å². The van der Waals surface area contributed by atoms with Gasteiger partial charge >= 0.3 is 6.03 Å². The van der Waals surface area contributed by atoms with Crippen LogP contribution in [0.15, 0.2) is 18.2 Å². The Labute approximate surface area is 130 Å². The number of urea groups is 1. The monoisotopic (exact) mass is 330 g/mol. The second-order valence-electron chi connectivity index (χ2n) is 5.28.